The Morgan fingerprint density at radius 2 is 0.967 bits per heavy atom. The number of hydrogen-bond donors (Lipinski definition) is 0. The molecule has 5 heteroatoms. The Morgan fingerprint density at radius 3 is 1.47 bits per heavy atom. The lowest BCUT2D eigenvalue weighted by molar-refractivity contribution is 0.103. The lowest BCUT2D eigenvalue weighted by Gasteiger charge is -2.20. The van der Waals surface area contributed by atoms with E-state index >= 15 is 0 Å². The average molecular weight is 427 g/mol. The number of rotatable bonds is 2. The van der Waals surface area contributed by atoms with Crippen LogP contribution in [0, 0.1) is 0 Å². The average Bonchev–Trinajstić information content (AvgIpc) is 2.80. The molecule has 0 N–H and O–H groups in total. The van der Waals surface area contributed by atoms with E-state index in [1.54, 1.807) is 23.5 Å². The van der Waals surface area contributed by atoms with Crippen molar-refractivity contribution in [2.45, 2.75) is 19.6 Å². The third-order valence-corrected chi connectivity index (χ3v) is 7.18. The number of fused-ring (bicyclic) bond motifs is 4. The maximum atomic E-state index is 13.2. The van der Waals surface area contributed by atoms with E-state index in [0.717, 1.165) is 42.6 Å². The number of ketones is 1. The summed E-state index contributed by atoms with van der Waals surface area (Å²) in [5.41, 5.74) is 1.29. The summed E-state index contributed by atoms with van der Waals surface area (Å²) in [7, 11) is 0. The standard InChI is InChI=1S/C25H14O3S2/c26-25(15-9-11-19-23(13-15)29-21-7-3-1-5-17(21)27-19)16-10-12-20-24(14-16)30-22-8-4-2-6-18(22)28-20/h1-14H. The van der Waals surface area contributed by atoms with Crippen molar-refractivity contribution in [3.8, 4) is 23.0 Å². The molecule has 30 heavy (non-hydrogen) atoms. The molecular formula is C25H14O3S2. The van der Waals surface area contributed by atoms with Crippen LogP contribution < -0.4 is 9.47 Å². The van der Waals surface area contributed by atoms with Crippen LogP contribution >= 0.6 is 23.5 Å². The molecule has 6 rings (SSSR count). The van der Waals surface area contributed by atoms with Gasteiger partial charge in [0, 0.05) is 11.1 Å². The van der Waals surface area contributed by atoms with E-state index in [0.29, 0.717) is 11.1 Å². The number of benzene rings is 4. The number of hydrogen-bond acceptors (Lipinski definition) is 5. The van der Waals surface area contributed by atoms with Gasteiger partial charge in [0.1, 0.15) is 23.0 Å². The van der Waals surface area contributed by atoms with Crippen LogP contribution in [0.25, 0.3) is 0 Å². The fourth-order valence-corrected chi connectivity index (χ4v) is 5.48. The molecule has 0 bridgehead atoms. The van der Waals surface area contributed by atoms with Gasteiger partial charge in [-0.2, -0.15) is 0 Å². The Balaban J connectivity index is 1.31. The fourth-order valence-electron chi connectivity index (χ4n) is 3.50. The van der Waals surface area contributed by atoms with Gasteiger partial charge >= 0.3 is 0 Å². The summed E-state index contributed by atoms with van der Waals surface area (Å²) < 4.78 is 11.9. The molecular weight excluding hydrogens is 412 g/mol. The number of carbonyl (C=O) groups is 1. The molecule has 0 aliphatic carbocycles. The lowest BCUT2D eigenvalue weighted by atomic mass is 10.0. The molecule has 4 aromatic rings. The molecule has 0 radical (unpaired) electrons. The van der Waals surface area contributed by atoms with Crippen LogP contribution in [0.2, 0.25) is 0 Å². The molecule has 0 aromatic heterocycles. The van der Waals surface area contributed by atoms with Crippen molar-refractivity contribution in [1.82, 2.24) is 0 Å². The summed E-state index contributed by atoms with van der Waals surface area (Å²) >= 11 is 3.25. The Kier molecular flexibility index (Phi) is 4.11. The van der Waals surface area contributed by atoms with E-state index in [4.69, 9.17) is 9.47 Å². The van der Waals surface area contributed by atoms with E-state index < -0.39 is 0 Å². The third-order valence-electron chi connectivity index (χ3n) is 4.99. The SMILES string of the molecule is O=C(c1ccc2c(c1)Sc1ccccc1O2)c1ccc2c(c1)Sc1ccccc1O2. The molecule has 2 aliphatic rings. The smallest absolute Gasteiger partial charge is 0.193 e. The number of ether oxygens (including phenoxy) is 2. The Hall–Kier alpha value is -3.15. The highest BCUT2D eigenvalue weighted by molar-refractivity contribution is 7.99. The number of para-hydroxylation sites is 2. The van der Waals surface area contributed by atoms with E-state index in [2.05, 4.69) is 0 Å². The molecule has 0 spiro atoms. The van der Waals surface area contributed by atoms with Crippen LogP contribution in [-0.2, 0) is 0 Å². The van der Waals surface area contributed by atoms with Gasteiger partial charge in [-0.05, 0) is 60.7 Å². The molecule has 0 saturated heterocycles. The molecule has 0 atom stereocenters. The van der Waals surface area contributed by atoms with Crippen LogP contribution in [0.5, 0.6) is 23.0 Å². The first-order valence-electron chi connectivity index (χ1n) is 9.47. The van der Waals surface area contributed by atoms with Crippen LogP contribution in [0.4, 0.5) is 0 Å². The van der Waals surface area contributed by atoms with E-state index in [-0.39, 0.29) is 5.78 Å². The van der Waals surface area contributed by atoms with E-state index in [1.807, 2.05) is 84.9 Å². The highest BCUT2D eigenvalue weighted by atomic mass is 32.2. The zero-order valence-corrected chi connectivity index (χ0v) is 17.3. The van der Waals surface area contributed by atoms with E-state index in [1.165, 1.54) is 0 Å². The van der Waals surface area contributed by atoms with E-state index in [9.17, 15) is 4.79 Å². The van der Waals surface area contributed by atoms with Gasteiger partial charge in [-0.15, -0.1) is 0 Å². The van der Waals surface area contributed by atoms with Crippen molar-refractivity contribution < 1.29 is 14.3 Å². The van der Waals surface area contributed by atoms with Crippen molar-refractivity contribution in [3.63, 3.8) is 0 Å². The van der Waals surface area contributed by atoms with Gasteiger partial charge in [0.05, 0.1) is 19.6 Å². The maximum absolute atomic E-state index is 13.2. The molecule has 3 nitrogen and oxygen atoms in total. The molecule has 0 saturated carbocycles. The largest absolute Gasteiger partial charge is 0.455 e. The Bertz CT molecular complexity index is 1230. The fraction of sp³-hybridized carbons (Fsp3) is 0. The monoisotopic (exact) mass is 426 g/mol. The second-order valence-corrected chi connectivity index (χ2v) is 9.12. The summed E-state index contributed by atoms with van der Waals surface area (Å²) in [5.74, 6) is 3.24. The quantitative estimate of drug-likeness (QED) is 0.269. The van der Waals surface area contributed by atoms with Gasteiger partial charge in [-0.1, -0.05) is 47.8 Å². The zero-order valence-electron chi connectivity index (χ0n) is 15.6. The molecule has 4 aromatic carbocycles. The first-order chi connectivity index (χ1) is 14.7. The van der Waals surface area contributed by atoms with Crippen molar-refractivity contribution >= 4 is 29.3 Å². The van der Waals surface area contributed by atoms with Gasteiger partial charge in [-0.25, -0.2) is 0 Å². The summed E-state index contributed by atoms with van der Waals surface area (Å²) in [6.45, 7) is 0. The lowest BCUT2D eigenvalue weighted by Crippen LogP contribution is -2.04. The topological polar surface area (TPSA) is 35.5 Å². The molecule has 2 aliphatic heterocycles. The number of carbonyl (C=O) groups excluding carboxylic acids is 1. The normalized spacial score (nSPS) is 13.1. The van der Waals surface area contributed by atoms with Crippen LogP contribution in [0.3, 0.4) is 0 Å². The van der Waals surface area contributed by atoms with Gasteiger partial charge in [0.15, 0.2) is 5.78 Å². The Morgan fingerprint density at radius 1 is 0.533 bits per heavy atom. The molecule has 2 heterocycles. The van der Waals surface area contributed by atoms with Crippen LogP contribution in [0.1, 0.15) is 15.9 Å². The van der Waals surface area contributed by atoms with Crippen LogP contribution in [0.15, 0.2) is 105 Å². The summed E-state index contributed by atoms with van der Waals surface area (Å²) in [6.07, 6.45) is 0. The Labute approximate surface area is 182 Å². The zero-order chi connectivity index (χ0) is 20.1. The van der Waals surface area contributed by atoms with Crippen molar-refractivity contribution in [1.29, 1.82) is 0 Å². The summed E-state index contributed by atoms with van der Waals surface area (Å²) in [6, 6.07) is 27.1. The second kappa shape index (κ2) is 6.97. The first-order valence-corrected chi connectivity index (χ1v) is 11.1. The summed E-state index contributed by atoms with van der Waals surface area (Å²) in [4.78, 5) is 17.2. The second-order valence-electron chi connectivity index (χ2n) is 6.95. The highest BCUT2D eigenvalue weighted by Gasteiger charge is 2.22. The third kappa shape index (κ3) is 2.98. The molecule has 0 fully saturated rings. The maximum Gasteiger partial charge on any atom is 0.193 e. The predicted molar refractivity (Wildman–Crippen MR) is 118 cm³/mol. The first kappa shape index (κ1) is 17.7. The van der Waals surface area contributed by atoms with Crippen molar-refractivity contribution in [2.24, 2.45) is 0 Å². The minimum atomic E-state index is -0.0143. The molecule has 144 valence electrons. The molecule has 0 unspecified atom stereocenters. The summed E-state index contributed by atoms with van der Waals surface area (Å²) in [5, 5.41) is 0. The van der Waals surface area contributed by atoms with Gasteiger partial charge in [0.2, 0.25) is 0 Å². The van der Waals surface area contributed by atoms with Crippen molar-refractivity contribution in [3.05, 3.63) is 96.1 Å². The van der Waals surface area contributed by atoms with Gasteiger partial charge in [0.25, 0.3) is 0 Å². The van der Waals surface area contributed by atoms with Crippen LogP contribution in [-0.4, -0.2) is 5.78 Å². The minimum Gasteiger partial charge on any atom is -0.455 e. The van der Waals surface area contributed by atoms with Crippen molar-refractivity contribution in [2.75, 3.05) is 0 Å². The minimum absolute atomic E-state index is 0.0143. The molecule has 0 amide bonds. The van der Waals surface area contributed by atoms with Gasteiger partial charge in [-0.3, -0.25) is 4.79 Å². The predicted octanol–water partition coefficient (Wildman–Crippen LogP) is 7.43. The van der Waals surface area contributed by atoms with Gasteiger partial charge < -0.3 is 9.47 Å². The highest BCUT2D eigenvalue weighted by Crippen LogP contribution is 2.48.